The standard InChI is InChI=1S/C7H10N2O2S/c10-4-6(11)5-12-7-2-1-3-8-9-7/h1-3,6,10-11H,4-5H2. The van der Waals surface area contributed by atoms with Gasteiger partial charge < -0.3 is 10.2 Å². The van der Waals surface area contributed by atoms with Crippen molar-refractivity contribution in [2.24, 2.45) is 0 Å². The van der Waals surface area contributed by atoms with Crippen molar-refractivity contribution in [2.45, 2.75) is 11.1 Å². The highest BCUT2D eigenvalue weighted by molar-refractivity contribution is 7.99. The monoisotopic (exact) mass is 186 g/mol. The Morgan fingerprint density at radius 3 is 3.00 bits per heavy atom. The first kappa shape index (κ1) is 9.44. The third kappa shape index (κ3) is 3.17. The van der Waals surface area contributed by atoms with E-state index in [1.807, 2.05) is 6.07 Å². The number of aliphatic hydroxyl groups is 2. The summed E-state index contributed by atoms with van der Waals surface area (Å²) in [6, 6.07) is 3.59. The van der Waals surface area contributed by atoms with Gasteiger partial charge in [0.05, 0.1) is 12.7 Å². The summed E-state index contributed by atoms with van der Waals surface area (Å²) in [6.45, 7) is -0.215. The number of aromatic nitrogens is 2. The highest BCUT2D eigenvalue weighted by atomic mass is 32.2. The SMILES string of the molecule is OCC(O)CSc1cccnn1. The fraction of sp³-hybridized carbons (Fsp3) is 0.429. The van der Waals surface area contributed by atoms with E-state index in [0.29, 0.717) is 5.75 Å². The van der Waals surface area contributed by atoms with E-state index in [1.165, 1.54) is 11.8 Å². The summed E-state index contributed by atoms with van der Waals surface area (Å²) in [5.41, 5.74) is 0. The summed E-state index contributed by atoms with van der Waals surface area (Å²) >= 11 is 1.37. The van der Waals surface area contributed by atoms with Gasteiger partial charge in [0, 0.05) is 11.9 Å². The molecule has 12 heavy (non-hydrogen) atoms. The Balaban J connectivity index is 2.33. The zero-order chi connectivity index (χ0) is 8.81. The molecule has 0 aromatic carbocycles. The fourth-order valence-corrected chi connectivity index (χ4v) is 1.35. The summed E-state index contributed by atoms with van der Waals surface area (Å²) in [5.74, 6) is 0.440. The molecule has 1 rings (SSSR count). The van der Waals surface area contributed by atoms with Gasteiger partial charge in [-0.1, -0.05) is 0 Å². The summed E-state index contributed by atoms with van der Waals surface area (Å²) in [7, 11) is 0. The molecule has 1 unspecified atom stereocenters. The largest absolute Gasteiger partial charge is 0.394 e. The summed E-state index contributed by atoms with van der Waals surface area (Å²) < 4.78 is 0. The number of aliphatic hydroxyl groups excluding tert-OH is 2. The molecule has 1 aromatic heterocycles. The lowest BCUT2D eigenvalue weighted by Crippen LogP contribution is -2.14. The Morgan fingerprint density at radius 1 is 1.58 bits per heavy atom. The molecule has 0 bridgehead atoms. The van der Waals surface area contributed by atoms with Crippen LogP contribution in [0.1, 0.15) is 0 Å². The fourth-order valence-electron chi connectivity index (χ4n) is 0.599. The van der Waals surface area contributed by atoms with Crippen LogP contribution >= 0.6 is 11.8 Å². The van der Waals surface area contributed by atoms with Gasteiger partial charge in [0.2, 0.25) is 0 Å². The lowest BCUT2D eigenvalue weighted by molar-refractivity contribution is 0.113. The van der Waals surface area contributed by atoms with Crippen molar-refractivity contribution in [3.63, 3.8) is 0 Å². The summed E-state index contributed by atoms with van der Waals surface area (Å²) in [4.78, 5) is 0. The maximum Gasteiger partial charge on any atom is 0.119 e. The number of hydrogen-bond donors (Lipinski definition) is 2. The number of hydrogen-bond acceptors (Lipinski definition) is 5. The zero-order valence-corrected chi connectivity index (χ0v) is 7.24. The van der Waals surface area contributed by atoms with Gasteiger partial charge in [-0.05, 0) is 12.1 Å². The minimum Gasteiger partial charge on any atom is -0.394 e. The van der Waals surface area contributed by atoms with Crippen molar-refractivity contribution < 1.29 is 10.2 Å². The first-order chi connectivity index (χ1) is 5.83. The average Bonchev–Trinajstić information content (AvgIpc) is 2.16. The third-order valence-corrected chi connectivity index (χ3v) is 2.25. The molecule has 0 aliphatic rings. The van der Waals surface area contributed by atoms with Crippen molar-refractivity contribution in [1.82, 2.24) is 10.2 Å². The van der Waals surface area contributed by atoms with E-state index in [1.54, 1.807) is 12.3 Å². The van der Waals surface area contributed by atoms with Gasteiger partial charge in [-0.2, -0.15) is 5.10 Å². The molecule has 2 N–H and O–H groups in total. The summed E-state index contributed by atoms with van der Waals surface area (Å²) in [6.07, 6.45) is 0.906. The lowest BCUT2D eigenvalue weighted by Gasteiger charge is -2.04. The minimum absolute atomic E-state index is 0.215. The lowest BCUT2D eigenvalue weighted by atomic mass is 10.4. The van der Waals surface area contributed by atoms with Crippen molar-refractivity contribution in [3.05, 3.63) is 18.3 Å². The van der Waals surface area contributed by atoms with E-state index < -0.39 is 6.10 Å². The van der Waals surface area contributed by atoms with E-state index in [-0.39, 0.29) is 6.61 Å². The van der Waals surface area contributed by atoms with Crippen LogP contribution in [0.15, 0.2) is 23.4 Å². The molecular weight excluding hydrogens is 176 g/mol. The quantitative estimate of drug-likeness (QED) is 0.644. The predicted molar refractivity (Wildman–Crippen MR) is 45.8 cm³/mol. The molecule has 1 heterocycles. The maximum absolute atomic E-state index is 9.00. The number of thioether (sulfide) groups is 1. The van der Waals surface area contributed by atoms with Gasteiger partial charge in [-0.15, -0.1) is 16.9 Å². The Bertz CT molecular complexity index is 220. The van der Waals surface area contributed by atoms with Gasteiger partial charge in [0.25, 0.3) is 0 Å². The van der Waals surface area contributed by atoms with Crippen LogP contribution < -0.4 is 0 Å². The summed E-state index contributed by atoms with van der Waals surface area (Å²) in [5, 5.41) is 25.7. The molecule has 5 heteroatoms. The van der Waals surface area contributed by atoms with Crippen LogP contribution in [0, 0.1) is 0 Å². The second-order valence-corrected chi connectivity index (χ2v) is 3.25. The Hall–Kier alpha value is -0.650. The molecule has 66 valence electrons. The van der Waals surface area contributed by atoms with Crippen LogP contribution in [-0.2, 0) is 0 Å². The first-order valence-electron chi connectivity index (χ1n) is 3.52. The van der Waals surface area contributed by atoms with Crippen molar-refractivity contribution >= 4 is 11.8 Å². The number of rotatable bonds is 4. The maximum atomic E-state index is 9.00. The van der Waals surface area contributed by atoms with E-state index in [9.17, 15) is 0 Å². The predicted octanol–water partition coefficient (Wildman–Crippen LogP) is -0.0781. The molecular formula is C7H10N2O2S. The van der Waals surface area contributed by atoms with Gasteiger partial charge in [-0.25, -0.2) is 0 Å². The normalized spacial score (nSPS) is 12.8. The molecule has 4 nitrogen and oxygen atoms in total. The molecule has 0 amide bonds. The van der Waals surface area contributed by atoms with Gasteiger partial charge >= 0.3 is 0 Å². The molecule has 0 aliphatic carbocycles. The molecule has 0 spiro atoms. The highest BCUT2D eigenvalue weighted by Gasteiger charge is 2.02. The van der Waals surface area contributed by atoms with Crippen molar-refractivity contribution in [2.75, 3.05) is 12.4 Å². The molecule has 0 aliphatic heterocycles. The molecule has 0 saturated heterocycles. The molecule has 0 radical (unpaired) electrons. The van der Waals surface area contributed by atoms with Crippen LogP contribution in [0.2, 0.25) is 0 Å². The van der Waals surface area contributed by atoms with Crippen molar-refractivity contribution in [1.29, 1.82) is 0 Å². The second kappa shape index (κ2) is 5.08. The van der Waals surface area contributed by atoms with E-state index in [0.717, 1.165) is 5.03 Å². The first-order valence-corrected chi connectivity index (χ1v) is 4.51. The van der Waals surface area contributed by atoms with Crippen LogP contribution in [0.25, 0.3) is 0 Å². The van der Waals surface area contributed by atoms with E-state index in [2.05, 4.69) is 10.2 Å². The molecule has 1 aromatic rings. The van der Waals surface area contributed by atoms with Gasteiger partial charge in [0.15, 0.2) is 0 Å². The third-order valence-electron chi connectivity index (χ3n) is 1.18. The van der Waals surface area contributed by atoms with Crippen LogP contribution in [0.3, 0.4) is 0 Å². The smallest absolute Gasteiger partial charge is 0.119 e. The van der Waals surface area contributed by atoms with Gasteiger partial charge in [0.1, 0.15) is 5.03 Å². The van der Waals surface area contributed by atoms with E-state index in [4.69, 9.17) is 10.2 Å². The highest BCUT2D eigenvalue weighted by Crippen LogP contribution is 2.13. The Morgan fingerprint density at radius 2 is 2.42 bits per heavy atom. The van der Waals surface area contributed by atoms with Crippen molar-refractivity contribution in [3.8, 4) is 0 Å². The molecule has 0 fully saturated rings. The van der Waals surface area contributed by atoms with Crippen LogP contribution in [0.5, 0.6) is 0 Å². The van der Waals surface area contributed by atoms with Crippen LogP contribution in [-0.4, -0.2) is 38.9 Å². The average molecular weight is 186 g/mol. The Labute approximate surface area is 74.6 Å². The van der Waals surface area contributed by atoms with Gasteiger partial charge in [-0.3, -0.25) is 0 Å². The Kier molecular flexibility index (Phi) is 3.99. The minimum atomic E-state index is -0.683. The topological polar surface area (TPSA) is 66.2 Å². The van der Waals surface area contributed by atoms with Crippen LogP contribution in [0.4, 0.5) is 0 Å². The molecule has 0 saturated carbocycles. The van der Waals surface area contributed by atoms with E-state index >= 15 is 0 Å². The zero-order valence-electron chi connectivity index (χ0n) is 6.42. The number of nitrogens with zero attached hydrogens (tertiary/aromatic N) is 2. The molecule has 1 atom stereocenters. The second-order valence-electron chi connectivity index (χ2n) is 2.21.